The number of hydrogen-bond donors (Lipinski definition) is 1. The van der Waals surface area contributed by atoms with Gasteiger partial charge in [-0.15, -0.1) is 0 Å². The molecule has 0 spiro atoms. The predicted molar refractivity (Wildman–Crippen MR) is 132 cm³/mol. The number of nitrogens with zero attached hydrogens (tertiary/aromatic N) is 1. The van der Waals surface area contributed by atoms with Gasteiger partial charge < -0.3 is 29.4 Å². The summed E-state index contributed by atoms with van der Waals surface area (Å²) in [4.78, 5) is 12.9. The van der Waals surface area contributed by atoms with Gasteiger partial charge in [-0.2, -0.15) is 5.26 Å². The first-order chi connectivity index (χ1) is 17.5. The number of allylic oxidation sites excluding steroid dienone is 1. The molecule has 1 aliphatic rings. The lowest BCUT2D eigenvalue weighted by Gasteiger charge is -2.27. The summed E-state index contributed by atoms with van der Waals surface area (Å²) in [5, 5.41) is 9.83. The maximum atomic E-state index is 12.9. The van der Waals surface area contributed by atoms with Gasteiger partial charge in [0.2, 0.25) is 5.88 Å². The van der Waals surface area contributed by atoms with Crippen LogP contribution in [0.1, 0.15) is 40.7 Å². The third-order valence-electron chi connectivity index (χ3n) is 5.71. The van der Waals surface area contributed by atoms with E-state index in [0.29, 0.717) is 40.7 Å². The Balaban J connectivity index is 1.68. The number of nitrogens with two attached hydrogens (primary N) is 1. The zero-order chi connectivity index (χ0) is 25.7. The second-order valence-electron chi connectivity index (χ2n) is 7.97. The fourth-order valence-corrected chi connectivity index (χ4v) is 4.01. The number of nitriles is 1. The van der Waals surface area contributed by atoms with Gasteiger partial charge in [0.15, 0.2) is 11.5 Å². The lowest BCUT2D eigenvalue weighted by Crippen LogP contribution is -2.21. The molecule has 0 bridgehead atoms. The number of para-hydroxylation sites is 1. The van der Waals surface area contributed by atoms with Crippen LogP contribution in [0.2, 0.25) is 0 Å². The minimum Gasteiger partial charge on any atom is -0.493 e. The largest absolute Gasteiger partial charge is 0.493 e. The fraction of sp³-hybridized carbons (Fsp3) is 0.214. The van der Waals surface area contributed by atoms with E-state index in [0.717, 1.165) is 12.0 Å². The topological polar surface area (TPSA) is 113 Å². The number of fused-ring (bicyclic) bond motifs is 1. The Bertz CT molecular complexity index is 1360. The van der Waals surface area contributed by atoms with E-state index in [1.165, 1.54) is 0 Å². The van der Waals surface area contributed by atoms with E-state index in [4.69, 9.17) is 29.4 Å². The van der Waals surface area contributed by atoms with Crippen molar-refractivity contribution in [3.05, 3.63) is 88.8 Å². The van der Waals surface area contributed by atoms with E-state index in [1.807, 2.05) is 13.0 Å². The van der Waals surface area contributed by atoms with Crippen molar-refractivity contribution in [3.8, 4) is 34.8 Å². The Labute approximate surface area is 209 Å². The van der Waals surface area contributed by atoms with Crippen molar-refractivity contribution in [3.63, 3.8) is 0 Å². The van der Waals surface area contributed by atoms with Gasteiger partial charge in [0.1, 0.15) is 34.5 Å². The van der Waals surface area contributed by atoms with Gasteiger partial charge >= 0.3 is 5.97 Å². The molecule has 1 atom stereocenters. The first-order valence-corrected chi connectivity index (χ1v) is 11.4. The van der Waals surface area contributed by atoms with E-state index < -0.39 is 11.9 Å². The number of benzene rings is 3. The van der Waals surface area contributed by atoms with Crippen LogP contribution in [0.25, 0.3) is 0 Å². The molecule has 0 radical (unpaired) electrons. The highest BCUT2D eigenvalue weighted by atomic mass is 16.5. The molecule has 3 aromatic rings. The molecule has 1 unspecified atom stereocenters. The fourth-order valence-electron chi connectivity index (χ4n) is 4.01. The average molecular weight is 487 g/mol. The van der Waals surface area contributed by atoms with Crippen molar-refractivity contribution in [2.45, 2.75) is 19.3 Å². The van der Waals surface area contributed by atoms with Crippen LogP contribution in [0.5, 0.6) is 28.7 Å². The highest BCUT2D eigenvalue weighted by molar-refractivity contribution is 5.94. The third-order valence-corrected chi connectivity index (χ3v) is 5.71. The van der Waals surface area contributed by atoms with Crippen LogP contribution < -0.4 is 29.4 Å². The molecule has 4 rings (SSSR count). The van der Waals surface area contributed by atoms with Crippen molar-refractivity contribution < 1.29 is 28.5 Å². The summed E-state index contributed by atoms with van der Waals surface area (Å²) < 4.78 is 27.8. The molecule has 0 saturated heterocycles. The van der Waals surface area contributed by atoms with Crippen molar-refractivity contribution in [2.24, 2.45) is 5.73 Å². The number of carbonyl (C=O) groups is 1. The van der Waals surface area contributed by atoms with Gasteiger partial charge in [0, 0.05) is 11.6 Å². The summed E-state index contributed by atoms with van der Waals surface area (Å²) in [7, 11) is 3.10. The van der Waals surface area contributed by atoms with Gasteiger partial charge in [-0.1, -0.05) is 31.2 Å². The minimum absolute atomic E-state index is 0.0217. The van der Waals surface area contributed by atoms with E-state index in [2.05, 4.69) is 6.07 Å². The molecule has 36 heavy (non-hydrogen) atoms. The number of methoxy groups -OCH3 is 2. The van der Waals surface area contributed by atoms with Crippen LogP contribution in [-0.4, -0.2) is 26.8 Å². The van der Waals surface area contributed by atoms with E-state index in [9.17, 15) is 10.1 Å². The smallest absolute Gasteiger partial charge is 0.347 e. The Morgan fingerprint density at radius 3 is 2.53 bits per heavy atom. The molecular formula is C28H26N2O6. The number of carbonyl (C=O) groups excluding carboxylic acids is 1. The summed E-state index contributed by atoms with van der Waals surface area (Å²) in [5.74, 6) is 1.10. The third kappa shape index (κ3) is 4.77. The SMILES string of the molecule is CCCOc1ccccc1C(=O)Oc1ccc2c(c1)OC(N)=C(C#N)C2c1ccc(OC)c(OC)c1. The minimum atomic E-state index is -0.560. The number of hydrogen-bond acceptors (Lipinski definition) is 8. The van der Waals surface area contributed by atoms with Crippen molar-refractivity contribution in [1.29, 1.82) is 5.26 Å². The number of esters is 1. The molecule has 0 saturated carbocycles. The molecule has 3 aromatic carbocycles. The Kier molecular flexibility index (Phi) is 7.31. The van der Waals surface area contributed by atoms with E-state index in [1.54, 1.807) is 68.8 Å². The first-order valence-electron chi connectivity index (χ1n) is 11.4. The van der Waals surface area contributed by atoms with Crippen molar-refractivity contribution >= 4 is 5.97 Å². The lowest BCUT2D eigenvalue weighted by atomic mass is 9.83. The maximum absolute atomic E-state index is 12.9. The molecule has 0 fully saturated rings. The lowest BCUT2D eigenvalue weighted by molar-refractivity contribution is 0.0730. The van der Waals surface area contributed by atoms with Crippen LogP contribution >= 0.6 is 0 Å². The van der Waals surface area contributed by atoms with Gasteiger partial charge in [0.05, 0.1) is 26.7 Å². The first kappa shape index (κ1) is 24.5. The Morgan fingerprint density at radius 2 is 1.81 bits per heavy atom. The molecule has 0 amide bonds. The zero-order valence-corrected chi connectivity index (χ0v) is 20.2. The normalized spacial score (nSPS) is 14.2. The summed E-state index contributed by atoms with van der Waals surface area (Å²) in [6.07, 6.45) is 0.812. The number of rotatable bonds is 8. The maximum Gasteiger partial charge on any atom is 0.347 e. The van der Waals surface area contributed by atoms with Crippen molar-refractivity contribution in [2.75, 3.05) is 20.8 Å². The second kappa shape index (κ2) is 10.7. The van der Waals surface area contributed by atoms with Gasteiger partial charge in [-0.05, 0) is 42.3 Å². The highest BCUT2D eigenvalue weighted by Gasteiger charge is 2.32. The molecule has 184 valence electrons. The molecular weight excluding hydrogens is 460 g/mol. The average Bonchev–Trinajstić information content (AvgIpc) is 2.90. The van der Waals surface area contributed by atoms with Crippen LogP contribution in [-0.2, 0) is 0 Å². The van der Waals surface area contributed by atoms with Gasteiger partial charge in [-0.25, -0.2) is 4.79 Å². The molecule has 1 heterocycles. The molecule has 2 N–H and O–H groups in total. The highest BCUT2D eigenvalue weighted by Crippen LogP contribution is 2.45. The van der Waals surface area contributed by atoms with Crippen molar-refractivity contribution in [1.82, 2.24) is 0 Å². The van der Waals surface area contributed by atoms with Crippen LogP contribution in [0.4, 0.5) is 0 Å². The van der Waals surface area contributed by atoms with E-state index >= 15 is 0 Å². The zero-order valence-electron chi connectivity index (χ0n) is 20.2. The summed E-state index contributed by atoms with van der Waals surface area (Å²) >= 11 is 0. The number of ether oxygens (including phenoxy) is 5. The standard InChI is InChI=1S/C28H26N2O6/c1-4-13-34-22-8-6-5-7-20(22)28(31)35-18-10-11-19-24(15-18)36-27(30)21(16-29)26(19)17-9-12-23(32-2)25(14-17)33-3/h5-12,14-15,26H,4,13,30H2,1-3H3. The van der Waals surface area contributed by atoms with Gasteiger partial charge in [0.25, 0.3) is 0 Å². The monoisotopic (exact) mass is 486 g/mol. The molecule has 8 heteroatoms. The molecule has 0 aliphatic carbocycles. The Morgan fingerprint density at radius 1 is 1.03 bits per heavy atom. The summed E-state index contributed by atoms with van der Waals surface area (Å²) in [6.45, 7) is 2.47. The van der Waals surface area contributed by atoms with E-state index in [-0.39, 0.29) is 17.2 Å². The van der Waals surface area contributed by atoms with Gasteiger partial charge in [-0.3, -0.25) is 0 Å². The molecule has 0 aromatic heterocycles. The predicted octanol–water partition coefficient (Wildman–Crippen LogP) is 4.93. The Hall–Kier alpha value is -4.64. The quantitative estimate of drug-likeness (QED) is 0.352. The van der Waals surface area contributed by atoms with Crippen LogP contribution in [0.15, 0.2) is 72.1 Å². The van der Waals surface area contributed by atoms with Crippen LogP contribution in [0, 0.1) is 11.3 Å². The second-order valence-corrected chi connectivity index (χ2v) is 7.97. The molecule has 8 nitrogen and oxygen atoms in total. The van der Waals surface area contributed by atoms with Crippen LogP contribution in [0.3, 0.4) is 0 Å². The summed E-state index contributed by atoms with van der Waals surface area (Å²) in [6, 6.07) is 19.5. The molecule has 1 aliphatic heterocycles. The summed E-state index contributed by atoms with van der Waals surface area (Å²) in [5.41, 5.74) is 8.17.